The average molecular weight is 269 g/mol. The van der Waals surface area contributed by atoms with E-state index in [0.29, 0.717) is 12.3 Å². The first kappa shape index (κ1) is 15.6. The lowest BCUT2D eigenvalue weighted by atomic mass is 10.1. The van der Waals surface area contributed by atoms with E-state index in [0.717, 1.165) is 4.90 Å². The Morgan fingerprint density at radius 1 is 1.42 bits per heavy atom. The van der Waals surface area contributed by atoms with Crippen molar-refractivity contribution >= 4 is 17.7 Å². The number of hydrogen-bond donors (Lipinski definition) is 2. The maximum absolute atomic E-state index is 12.0. The highest BCUT2D eigenvalue weighted by Gasteiger charge is 2.34. The molecule has 2 atom stereocenters. The molecule has 2 N–H and O–H groups in total. The second kappa shape index (κ2) is 6.65. The van der Waals surface area contributed by atoms with Crippen LogP contribution in [0.1, 0.15) is 34.1 Å². The zero-order valence-electron chi connectivity index (χ0n) is 12.0. The highest BCUT2D eigenvalue weighted by molar-refractivity contribution is 6.03. The molecule has 1 aliphatic rings. The molecule has 0 aliphatic carbocycles. The molecule has 1 rings (SSSR count). The molecule has 6 nitrogen and oxygen atoms in total. The van der Waals surface area contributed by atoms with Crippen molar-refractivity contribution in [1.29, 1.82) is 0 Å². The van der Waals surface area contributed by atoms with Crippen LogP contribution in [0.15, 0.2) is 0 Å². The van der Waals surface area contributed by atoms with E-state index >= 15 is 0 Å². The van der Waals surface area contributed by atoms with E-state index < -0.39 is 0 Å². The molecule has 19 heavy (non-hydrogen) atoms. The van der Waals surface area contributed by atoms with E-state index in [4.69, 9.17) is 0 Å². The predicted molar refractivity (Wildman–Crippen MR) is 71.2 cm³/mol. The summed E-state index contributed by atoms with van der Waals surface area (Å²) in [6.45, 7) is 7.69. The van der Waals surface area contributed by atoms with E-state index in [2.05, 4.69) is 10.6 Å². The van der Waals surface area contributed by atoms with E-state index in [1.807, 2.05) is 27.7 Å². The minimum Gasteiger partial charge on any atom is -0.352 e. The van der Waals surface area contributed by atoms with E-state index in [9.17, 15) is 14.4 Å². The second-order valence-corrected chi connectivity index (χ2v) is 5.26. The van der Waals surface area contributed by atoms with Crippen molar-refractivity contribution in [2.75, 3.05) is 13.1 Å². The third kappa shape index (κ3) is 4.02. The Morgan fingerprint density at radius 3 is 2.58 bits per heavy atom. The molecule has 0 aromatic heterocycles. The topological polar surface area (TPSA) is 78.5 Å². The molecule has 6 heteroatoms. The van der Waals surface area contributed by atoms with Crippen molar-refractivity contribution in [1.82, 2.24) is 15.5 Å². The van der Waals surface area contributed by atoms with Gasteiger partial charge in [0.15, 0.2) is 0 Å². The number of carbonyl (C=O) groups is 3. The lowest BCUT2D eigenvalue weighted by Crippen LogP contribution is -2.60. The highest BCUT2D eigenvalue weighted by Crippen LogP contribution is 2.06. The third-order valence-corrected chi connectivity index (χ3v) is 3.46. The molecule has 0 aromatic carbocycles. The van der Waals surface area contributed by atoms with Gasteiger partial charge in [0, 0.05) is 6.04 Å². The normalized spacial score (nSPS) is 21.7. The Hall–Kier alpha value is -1.43. The van der Waals surface area contributed by atoms with Gasteiger partial charge in [-0.1, -0.05) is 20.8 Å². The Kier molecular flexibility index (Phi) is 5.47. The van der Waals surface area contributed by atoms with Gasteiger partial charge in [0.25, 0.3) is 0 Å². The summed E-state index contributed by atoms with van der Waals surface area (Å²) in [5.74, 6) is -0.644. The molecule has 2 unspecified atom stereocenters. The van der Waals surface area contributed by atoms with Crippen molar-refractivity contribution < 1.29 is 14.4 Å². The van der Waals surface area contributed by atoms with E-state index in [1.165, 1.54) is 0 Å². The van der Waals surface area contributed by atoms with Gasteiger partial charge in [-0.2, -0.15) is 0 Å². The van der Waals surface area contributed by atoms with Crippen molar-refractivity contribution in [3.63, 3.8) is 0 Å². The molecule has 0 saturated carbocycles. The van der Waals surface area contributed by atoms with Crippen LogP contribution in [0.25, 0.3) is 0 Å². The maximum Gasteiger partial charge on any atom is 0.246 e. The minimum absolute atomic E-state index is 0.0163. The van der Waals surface area contributed by atoms with Crippen LogP contribution in [-0.4, -0.2) is 47.8 Å². The quantitative estimate of drug-likeness (QED) is 0.682. The third-order valence-electron chi connectivity index (χ3n) is 3.46. The van der Waals surface area contributed by atoms with Crippen LogP contribution in [0, 0.1) is 5.92 Å². The van der Waals surface area contributed by atoms with Gasteiger partial charge in [-0.05, 0) is 19.3 Å². The van der Waals surface area contributed by atoms with Crippen molar-refractivity contribution in [2.24, 2.45) is 5.92 Å². The molecule has 0 radical (unpaired) electrons. The number of amides is 3. The molecule has 1 saturated heterocycles. The van der Waals surface area contributed by atoms with Crippen molar-refractivity contribution in [3.05, 3.63) is 0 Å². The number of hydrogen-bond acceptors (Lipinski definition) is 4. The van der Waals surface area contributed by atoms with Gasteiger partial charge in [-0.25, -0.2) is 0 Å². The number of piperazine rings is 1. The minimum atomic E-state index is -0.368. The first-order valence-electron chi connectivity index (χ1n) is 6.73. The number of nitrogens with one attached hydrogen (secondary N) is 2. The van der Waals surface area contributed by atoms with Gasteiger partial charge in [-0.15, -0.1) is 0 Å². The summed E-state index contributed by atoms with van der Waals surface area (Å²) in [6, 6.07) is -0.351. The Balaban J connectivity index is 2.61. The smallest absolute Gasteiger partial charge is 0.246 e. The van der Waals surface area contributed by atoms with Gasteiger partial charge < -0.3 is 5.32 Å². The molecule has 0 aromatic rings. The summed E-state index contributed by atoms with van der Waals surface area (Å²) >= 11 is 0. The maximum atomic E-state index is 12.0. The lowest BCUT2D eigenvalue weighted by molar-refractivity contribution is -0.152. The Labute approximate surface area is 113 Å². The largest absolute Gasteiger partial charge is 0.352 e. The van der Waals surface area contributed by atoms with Gasteiger partial charge in [0.05, 0.1) is 12.6 Å². The van der Waals surface area contributed by atoms with E-state index in [-0.39, 0.29) is 42.9 Å². The monoisotopic (exact) mass is 269 g/mol. The molecule has 1 fully saturated rings. The van der Waals surface area contributed by atoms with Gasteiger partial charge in [-0.3, -0.25) is 24.6 Å². The van der Waals surface area contributed by atoms with Gasteiger partial charge >= 0.3 is 0 Å². The number of imide groups is 1. The second-order valence-electron chi connectivity index (χ2n) is 5.26. The summed E-state index contributed by atoms with van der Waals surface area (Å²) in [5.41, 5.74) is 0. The Bertz CT molecular complexity index is 368. The summed E-state index contributed by atoms with van der Waals surface area (Å²) in [7, 11) is 0. The molecular formula is C13H23N3O3. The molecule has 0 spiro atoms. The number of rotatable bonds is 5. The van der Waals surface area contributed by atoms with E-state index in [1.54, 1.807) is 0 Å². The number of carbonyl (C=O) groups excluding carboxylic acids is 3. The van der Waals surface area contributed by atoms with Crippen molar-refractivity contribution in [3.8, 4) is 0 Å². The Morgan fingerprint density at radius 2 is 2.05 bits per heavy atom. The van der Waals surface area contributed by atoms with Crippen molar-refractivity contribution in [2.45, 2.75) is 46.2 Å². The fourth-order valence-electron chi connectivity index (χ4n) is 1.80. The van der Waals surface area contributed by atoms with Gasteiger partial charge in [0.1, 0.15) is 6.54 Å². The molecule has 3 amide bonds. The van der Waals surface area contributed by atoms with Crippen LogP contribution >= 0.6 is 0 Å². The fraction of sp³-hybridized carbons (Fsp3) is 0.769. The first-order chi connectivity index (χ1) is 8.86. The van der Waals surface area contributed by atoms with Crippen LogP contribution in [0.5, 0.6) is 0 Å². The summed E-state index contributed by atoms with van der Waals surface area (Å²) in [6.07, 6.45) is 0.604. The zero-order chi connectivity index (χ0) is 14.6. The summed E-state index contributed by atoms with van der Waals surface area (Å²) < 4.78 is 0. The summed E-state index contributed by atoms with van der Waals surface area (Å²) in [4.78, 5) is 36.6. The molecule has 1 aliphatic heterocycles. The zero-order valence-corrected chi connectivity index (χ0v) is 12.0. The van der Waals surface area contributed by atoms with Crippen LogP contribution in [0.4, 0.5) is 0 Å². The number of nitrogens with zero attached hydrogens (tertiary/aromatic N) is 1. The van der Waals surface area contributed by atoms with Crippen LogP contribution in [0.3, 0.4) is 0 Å². The predicted octanol–water partition coefficient (Wildman–Crippen LogP) is -0.116. The van der Waals surface area contributed by atoms with Crippen LogP contribution in [-0.2, 0) is 14.4 Å². The molecule has 1 heterocycles. The van der Waals surface area contributed by atoms with Gasteiger partial charge in [0.2, 0.25) is 17.7 Å². The molecule has 0 bridgehead atoms. The lowest BCUT2D eigenvalue weighted by Gasteiger charge is -2.31. The summed E-state index contributed by atoms with van der Waals surface area (Å²) in [5, 5.41) is 5.65. The molecule has 108 valence electrons. The molecular weight excluding hydrogens is 246 g/mol. The average Bonchev–Trinajstić information content (AvgIpc) is 2.34. The highest BCUT2D eigenvalue weighted by atomic mass is 16.2. The first-order valence-corrected chi connectivity index (χ1v) is 6.73. The SMILES string of the molecule is CCC1NCC(=O)N(CC(=O)NC(C)C(C)C)C1=O. The fourth-order valence-corrected chi connectivity index (χ4v) is 1.80. The van der Waals surface area contributed by atoms with Crippen LogP contribution < -0.4 is 10.6 Å². The van der Waals surface area contributed by atoms with Crippen LogP contribution in [0.2, 0.25) is 0 Å². The standard InChI is InChI=1S/C13H23N3O3/c1-5-10-13(19)16(12(18)6-14-10)7-11(17)15-9(4)8(2)3/h8-10,14H,5-7H2,1-4H3,(H,15,17).